The van der Waals surface area contributed by atoms with Crippen LogP contribution in [0.3, 0.4) is 0 Å². The second kappa shape index (κ2) is 5.00. The summed E-state index contributed by atoms with van der Waals surface area (Å²) >= 11 is 0. The zero-order valence-electron chi connectivity index (χ0n) is 14.9. The summed E-state index contributed by atoms with van der Waals surface area (Å²) in [5.41, 5.74) is 1.67. The van der Waals surface area contributed by atoms with E-state index in [9.17, 15) is 14.4 Å². The highest BCUT2D eigenvalue weighted by Gasteiger charge is 2.60. The first kappa shape index (κ1) is 16.0. The van der Waals surface area contributed by atoms with Gasteiger partial charge in [0.1, 0.15) is 5.78 Å². The van der Waals surface area contributed by atoms with Gasteiger partial charge in [-0.3, -0.25) is 14.4 Å². The number of rotatable bonds is 1. The molecule has 0 aromatic carbocycles. The van der Waals surface area contributed by atoms with Crippen LogP contribution in [0.5, 0.6) is 0 Å². The Hall–Kier alpha value is -1.51. The third-order valence-corrected chi connectivity index (χ3v) is 7.62. The molecule has 3 nitrogen and oxygen atoms in total. The fourth-order valence-electron chi connectivity index (χ4n) is 6.51. The smallest absolute Gasteiger partial charge is 0.156 e. The van der Waals surface area contributed by atoms with Crippen LogP contribution >= 0.6 is 0 Å². The van der Waals surface area contributed by atoms with Crippen LogP contribution in [0.25, 0.3) is 0 Å². The molecule has 4 aliphatic rings. The summed E-state index contributed by atoms with van der Waals surface area (Å²) in [6, 6.07) is 0. The SMILES string of the molecule is CC(=O)C1=CC[C@@H]2[C@H]3CCC4=CC(=O)CC[C@@]4(C)[C@@H]3C(=O)C[C@@]12C. The molecule has 0 saturated heterocycles. The lowest BCUT2D eigenvalue weighted by Gasteiger charge is -2.56. The molecule has 4 rings (SSSR count). The van der Waals surface area contributed by atoms with Crippen molar-refractivity contribution in [2.45, 2.75) is 59.3 Å². The van der Waals surface area contributed by atoms with Gasteiger partial charge in [-0.1, -0.05) is 25.5 Å². The average molecular weight is 326 g/mol. The van der Waals surface area contributed by atoms with Crippen molar-refractivity contribution >= 4 is 17.3 Å². The maximum Gasteiger partial charge on any atom is 0.156 e. The van der Waals surface area contributed by atoms with Crippen molar-refractivity contribution in [3.05, 3.63) is 23.3 Å². The van der Waals surface area contributed by atoms with Gasteiger partial charge in [-0.2, -0.15) is 0 Å². The third-order valence-electron chi connectivity index (χ3n) is 7.62. The van der Waals surface area contributed by atoms with Gasteiger partial charge in [0.15, 0.2) is 11.6 Å². The van der Waals surface area contributed by atoms with Crippen LogP contribution in [-0.2, 0) is 14.4 Å². The highest BCUT2D eigenvalue weighted by molar-refractivity contribution is 5.98. The molecule has 4 aliphatic carbocycles. The fourth-order valence-corrected chi connectivity index (χ4v) is 6.51. The van der Waals surface area contributed by atoms with E-state index in [1.54, 1.807) is 6.92 Å². The summed E-state index contributed by atoms with van der Waals surface area (Å²) in [5, 5.41) is 0. The highest BCUT2D eigenvalue weighted by Crippen LogP contribution is 2.64. The van der Waals surface area contributed by atoms with E-state index in [-0.39, 0.29) is 28.3 Å². The molecule has 0 radical (unpaired) electrons. The Labute approximate surface area is 143 Å². The van der Waals surface area contributed by atoms with Gasteiger partial charge >= 0.3 is 0 Å². The molecule has 2 saturated carbocycles. The Morgan fingerprint density at radius 1 is 1.17 bits per heavy atom. The topological polar surface area (TPSA) is 51.2 Å². The maximum absolute atomic E-state index is 13.2. The van der Waals surface area contributed by atoms with E-state index in [4.69, 9.17) is 0 Å². The zero-order valence-corrected chi connectivity index (χ0v) is 14.9. The van der Waals surface area contributed by atoms with Crippen molar-refractivity contribution in [1.82, 2.24) is 0 Å². The summed E-state index contributed by atoms with van der Waals surface area (Å²) < 4.78 is 0. The van der Waals surface area contributed by atoms with Crippen molar-refractivity contribution in [3.8, 4) is 0 Å². The van der Waals surface area contributed by atoms with E-state index < -0.39 is 0 Å². The number of Topliss-reactive ketones (excluding diaryl/α,β-unsaturated/α-hetero) is 2. The van der Waals surface area contributed by atoms with Gasteiger partial charge in [-0.05, 0) is 61.5 Å². The molecule has 0 N–H and O–H groups in total. The molecule has 0 amide bonds. The minimum Gasteiger partial charge on any atom is -0.299 e. The number of hydrogen-bond donors (Lipinski definition) is 0. The molecule has 0 aromatic heterocycles. The zero-order chi connectivity index (χ0) is 17.3. The molecule has 5 atom stereocenters. The van der Waals surface area contributed by atoms with Gasteiger partial charge in [0.05, 0.1) is 0 Å². The van der Waals surface area contributed by atoms with Gasteiger partial charge in [-0.25, -0.2) is 0 Å². The van der Waals surface area contributed by atoms with Gasteiger partial charge < -0.3 is 0 Å². The van der Waals surface area contributed by atoms with Crippen LogP contribution < -0.4 is 0 Å². The summed E-state index contributed by atoms with van der Waals surface area (Å²) in [4.78, 5) is 37.2. The Bertz CT molecular complexity index is 713. The lowest BCUT2D eigenvalue weighted by atomic mass is 9.46. The number of carbonyl (C=O) groups is 3. The third kappa shape index (κ3) is 1.93. The molecule has 0 aromatic rings. The number of ketones is 3. The molecule has 3 heteroatoms. The van der Waals surface area contributed by atoms with E-state index in [0.29, 0.717) is 30.5 Å². The number of fused-ring (bicyclic) bond motifs is 5. The second-order valence-corrected chi connectivity index (χ2v) is 8.81. The second-order valence-electron chi connectivity index (χ2n) is 8.81. The first-order chi connectivity index (χ1) is 11.3. The molecular weight excluding hydrogens is 300 g/mol. The van der Waals surface area contributed by atoms with Crippen LogP contribution in [-0.4, -0.2) is 17.3 Å². The first-order valence-corrected chi connectivity index (χ1v) is 9.25. The van der Waals surface area contributed by atoms with Gasteiger partial charge in [-0.15, -0.1) is 0 Å². The van der Waals surface area contributed by atoms with Crippen LogP contribution in [0.15, 0.2) is 23.3 Å². The normalized spacial score (nSPS) is 44.2. The molecule has 2 fully saturated rings. The Balaban J connectivity index is 1.75. The molecule has 0 aliphatic heterocycles. The number of allylic oxidation sites excluding steroid dienone is 4. The summed E-state index contributed by atoms with van der Waals surface area (Å²) in [6.07, 6.45) is 8.61. The Morgan fingerprint density at radius 3 is 2.62 bits per heavy atom. The summed E-state index contributed by atoms with van der Waals surface area (Å²) in [7, 11) is 0. The van der Waals surface area contributed by atoms with Crippen LogP contribution in [0, 0.1) is 28.6 Å². The number of carbonyl (C=O) groups excluding carboxylic acids is 3. The van der Waals surface area contributed by atoms with E-state index in [1.807, 2.05) is 6.08 Å². The largest absolute Gasteiger partial charge is 0.299 e. The van der Waals surface area contributed by atoms with Crippen molar-refractivity contribution < 1.29 is 14.4 Å². The van der Waals surface area contributed by atoms with Crippen molar-refractivity contribution in [1.29, 1.82) is 0 Å². The Morgan fingerprint density at radius 2 is 1.92 bits per heavy atom. The minimum absolute atomic E-state index is 0.0309. The molecule has 0 heterocycles. The van der Waals surface area contributed by atoms with Crippen molar-refractivity contribution in [2.24, 2.45) is 28.6 Å². The van der Waals surface area contributed by atoms with E-state index in [0.717, 1.165) is 31.3 Å². The first-order valence-electron chi connectivity index (χ1n) is 9.25. The van der Waals surface area contributed by atoms with E-state index in [1.165, 1.54) is 5.57 Å². The lowest BCUT2D eigenvalue weighted by molar-refractivity contribution is -0.143. The van der Waals surface area contributed by atoms with Crippen LogP contribution in [0.1, 0.15) is 59.3 Å². The number of hydrogen-bond acceptors (Lipinski definition) is 3. The summed E-state index contributed by atoms with van der Waals surface area (Å²) in [5.74, 6) is 1.43. The lowest BCUT2D eigenvalue weighted by Crippen LogP contribution is -2.54. The predicted molar refractivity (Wildman–Crippen MR) is 91.2 cm³/mol. The minimum atomic E-state index is -0.272. The molecule has 0 unspecified atom stereocenters. The fraction of sp³-hybridized carbons (Fsp3) is 0.667. The monoisotopic (exact) mass is 326 g/mol. The molecule has 128 valence electrons. The molecule has 0 bridgehead atoms. The molecule has 24 heavy (non-hydrogen) atoms. The van der Waals surface area contributed by atoms with Crippen LogP contribution in [0.4, 0.5) is 0 Å². The van der Waals surface area contributed by atoms with E-state index >= 15 is 0 Å². The molecule has 0 spiro atoms. The van der Waals surface area contributed by atoms with E-state index in [2.05, 4.69) is 19.9 Å². The summed E-state index contributed by atoms with van der Waals surface area (Å²) in [6.45, 7) is 5.97. The van der Waals surface area contributed by atoms with Crippen molar-refractivity contribution in [2.75, 3.05) is 0 Å². The van der Waals surface area contributed by atoms with Crippen LogP contribution in [0.2, 0.25) is 0 Å². The van der Waals surface area contributed by atoms with Crippen molar-refractivity contribution in [3.63, 3.8) is 0 Å². The average Bonchev–Trinajstić information content (AvgIpc) is 2.84. The molecular formula is C21H26O3. The quantitative estimate of drug-likeness (QED) is 0.736. The van der Waals surface area contributed by atoms with Gasteiger partial charge in [0, 0.05) is 24.2 Å². The maximum atomic E-state index is 13.2. The van der Waals surface area contributed by atoms with Gasteiger partial charge in [0.25, 0.3) is 0 Å². The standard InChI is InChI=1S/C21H26O3/c1-12(22)16-6-7-17-15-5-4-13-10-14(23)8-9-20(13,2)19(15)18(24)11-21(16,17)3/h6,10,15,17,19H,4-5,7-9,11H2,1-3H3/t15-,17-,19+,20-,21+/m1/s1. The van der Waals surface area contributed by atoms with Gasteiger partial charge in [0.2, 0.25) is 0 Å². The highest BCUT2D eigenvalue weighted by atomic mass is 16.1. The predicted octanol–water partition coefficient (Wildman–Crippen LogP) is 3.82. The Kier molecular flexibility index (Phi) is 3.33.